The van der Waals surface area contributed by atoms with Gasteiger partial charge in [-0.2, -0.15) is 0 Å². The summed E-state index contributed by atoms with van der Waals surface area (Å²) >= 11 is 0. The van der Waals surface area contributed by atoms with Crippen molar-refractivity contribution >= 4 is 0 Å². The van der Waals surface area contributed by atoms with Gasteiger partial charge in [0.1, 0.15) is 5.75 Å². The molecule has 2 aliphatic rings. The normalized spacial score (nSPS) is 26.1. The van der Waals surface area contributed by atoms with E-state index in [0.29, 0.717) is 23.4 Å². The summed E-state index contributed by atoms with van der Waals surface area (Å²) in [5.74, 6) is 0.930. The highest BCUT2D eigenvalue weighted by Crippen LogP contribution is 2.60. The molecular weight excluding hydrogens is 270 g/mol. The van der Waals surface area contributed by atoms with Crippen molar-refractivity contribution in [3.05, 3.63) is 35.4 Å². The van der Waals surface area contributed by atoms with Crippen molar-refractivity contribution in [2.45, 2.75) is 30.8 Å². The van der Waals surface area contributed by atoms with Crippen LogP contribution in [0.15, 0.2) is 24.3 Å². The van der Waals surface area contributed by atoms with Gasteiger partial charge < -0.3 is 20.1 Å². The Morgan fingerprint density at radius 1 is 1.05 bits per heavy atom. The Kier molecular flexibility index (Phi) is 2.50. The lowest BCUT2D eigenvalue weighted by Gasteiger charge is -2.16. The molecule has 0 radical (unpaired) electrons. The molecular formula is C16H17NO4. The smallest absolute Gasteiger partial charge is 0.202 e. The van der Waals surface area contributed by atoms with Crippen molar-refractivity contribution in [2.75, 3.05) is 7.11 Å². The van der Waals surface area contributed by atoms with E-state index in [2.05, 4.69) is 0 Å². The number of hydrogen-bond acceptors (Lipinski definition) is 4. The lowest BCUT2D eigenvalue weighted by atomic mass is 9.93. The van der Waals surface area contributed by atoms with E-state index in [0.717, 1.165) is 12.0 Å². The number of aliphatic hydroxyl groups excluding tert-OH is 1. The summed E-state index contributed by atoms with van der Waals surface area (Å²) in [5.41, 5.74) is 2.19. The number of ether oxygens (including phenoxy) is 1. The number of nitrogens with zero attached hydrogens (tertiary/aromatic N) is 1. The van der Waals surface area contributed by atoms with Gasteiger partial charge >= 0.3 is 0 Å². The zero-order valence-electron chi connectivity index (χ0n) is 11.7. The maximum absolute atomic E-state index is 10.5. The third-order valence-electron chi connectivity index (χ3n) is 4.83. The van der Waals surface area contributed by atoms with Crippen molar-refractivity contribution < 1.29 is 20.1 Å². The Hall–Kier alpha value is -2.14. The maximum Gasteiger partial charge on any atom is 0.202 e. The largest absolute Gasteiger partial charge is 0.497 e. The molecule has 5 nitrogen and oxygen atoms in total. The number of benzene rings is 1. The van der Waals surface area contributed by atoms with Crippen LogP contribution >= 0.6 is 0 Å². The van der Waals surface area contributed by atoms with Crippen LogP contribution in [-0.2, 0) is 0 Å². The fraction of sp³-hybridized carbons (Fsp3) is 0.375. The second kappa shape index (κ2) is 4.18. The van der Waals surface area contributed by atoms with E-state index in [9.17, 15) is 15.3 Å². The fourth-order valence-corrected chi connectivity index (χ4v) is 3.89. The first-order valence-electron chi connectivity index (χ1n) is 7.10. The number of hydrogen-bond donors (Lipinski definition) is 3. The molecule has 2 bridgehead atoms. The topological polar surface area (TPSA) is 74.9 Å². The van der Waals surface area contributed by atoms with Crippen LogP contribution < -0.4 is 4.74 Å². The van der Waals surface area contributed by atoms with Crippen molar-refractivity contribution in [1.29, 1.82) is 0 Å². The Morgan fingerprint density at radius 2 is 1.71 bits per heavy atom. The van der Waals surface area contributed by atoms with E-state index < -0.39 is 6.10 Å². The predicted octanol–water partition coefficient (Wildman–Crippen LogP) is 2.23. The zero-order valence-corrected chi connectivity index (χ0v) is 11.7. The summed E-state index contributed by atoms with van der Waals surface area (Å²) in [6.45, 7) is 0. The van der Waals surface area contributed by atoms with Gasteiger partial charge in [-0.1, -0.05) is 0 Å². The van der Waals surface area contributed by atoms with Gasteiger partial charge in [-0.05, 0) is 43.0 Å². The van der Waals surface area contributed by atoms with Crippen molar-refractivity contribution in [3.8, 4) is 23.2 Å². The van der Waals surface area contributed by atoms with E-state index in [1.165, 1.54) is 4.57 Å². The summed E-state index contributed by atoms with van der Waals surface area (Å²) < 4.78 is 6.56. The third kappa shape index (κ3) is 1.55. The maximum atomic E-state index is 10.5. The molecule has 3 N–H and O–H groups in total. The SMILES string of the molecule is COc1ccc(-n2c(O)c3c(c2O)C2CC3CC2O)cc1. The molecule has 3 atom stereocenters. The second-order valence-electron chi connectivity index (χ2n) is 5.85. The fourth-order valence-electron chi connectivity index (χ4n) is 3.89. The van der Waals surface area contributed by atoms with Crippen LogP contribution in [0, 0.1) is 0 Å². The Morgan fingerprint density at radius 3 is 2.38 bits per heavy atom. The monoisotopic (exact) mass is 287 g/mol. The van der Waals surface area contributed by atoms with Gasteiger partial charge in [0.05, 0.1) is 18.9 Å². The minimum absolute atomic E-state index is 0.0407. The molecule has 0 aliphatic heterocycles. The van der Waals surface area contributed by atoms with Crippen LogP contribution in [0.3, 0.4) is 0 Å². The summed E-state index contributed by atoms with van der Waals surface area (Å²) in [7, 11) is 1.59. The van der Waals surface area contributed by atoms with Gasteiger partial charge in [-0.15, -0.1) is 0 Å². The molecule has 1 fully saturated rings. The van der Waals surface area contributed by atoms with Gasteiger partial charge in [0.2, 0.25) is 11.8 Å². The molecule has 21 heavy (non-hydrogen) atoms. The number of aromatic nitrogens is 1. The molecule has 1 saturated carbocycles. The van der Waals surface area contributed by atoms with Gasteiger partial charge in [0.15, 0.2) is 0 Å². The van der Waals surface area contributed by atoms with Crippen molar-refractivity contribution in [3.63, 3.8) is 0 Å². The van der Waals surface area contributed by atoms with Gasteiger partial charge in [0, 0.05) is 17.0 Å². The standard InChI is InChI=1S/C16H17NO4/c1-21-10-4-2-9(3-5-10)17-15(19)13-8-6-11(12(18)7-8)14(13)16(17)20/h2-5,8,11-12,18-20H,6-7H2,1H3. The first-order chi connectivity index (χ1) is 10.1. The van der Waals surface area contributed by atoms with Crippen molar-refractivity contribution in [1.82, 2.24) is 4.57 Å². The Labute approximate surface area is 122 Å². The zero-order chi connectivity index (χ0) is 14.7. The van der Waals surface area contributed by atoms with Gasteiger partial charge in [-0.25, -0.2) is 0 Å². The van der Waals surface area contributed by atoms with Crippen molar-refractivity contribution in [2.24, 2.45) is 0 Å². The molecule has 1 aromatic heterocycles. The molecule has 0 spiro atoms. The summed E-state index contributed by atoms with van der Waals surface area (Å²) in [5, 5.41) is 31.0. The van der Waals surface area contributed by atoms with Crippen LogP contribution in [0.5, 0.6) is 17.5 Å². The van der Waals surface area contributed by atoms with Crippen LogP contribution in [0.1, 0.15) is 35.8 Å². The molecule has 2 aromatic rings. The molecule has 5 heteroatoms. The number of rotatable bonds is 2. The van der Waals surface area contributed by atoms with Crippen LogP contribution in [0.2, 0.25) is 0 Å². The first kappa shape index (κ1) is 12.6. The van der Waals surface area contributed by atoms with Crippen LogP contribution in [0.25, 0.3) is 5.69 Å². The van der Waals surface area contributed by atoms with Crippen LogP contribution in [-0.4, -0.2) is 33.1 Å². The van der Waals surface area contributed by atoms with E-state index in [-0.39, 0.29) is 23.6 Å². The quantitative estimate of drug-likeness (QED) is 0.792. The molecule has 4 rings (SSSR count). The summed E-state index contributed by atoms with van der Waals surface area (Å²) in [4.78, 5) is 0. The van der Waals surface area contributed by atoms with E-state index in [1.54, 1.807) is 31.4 Å². The summed E-state index contributed by atoms with van der Waals surface area (Å²) in [6.07, 6.45) is 1.06. The average molecular weight is 287 g/mol. The molecule has 1 aromatic carbocycles. The highest BCUT2D eigenvalue weighted by molar-refractivity contribution is 5.60. The Balaban J connectivity index is 1.86. The highest BCUT2D eigenvalue weighted by Gasteiger charge is 2.49. The third-order valence-corrected chi connectivity index (χ3v) is 4.83. The summed E-state index contributed by atoms with van der Waals surface area (Å²) in [6, 6.07) is 7.13. The highest BCUT2D eigenvalue weighted by atomic mass is 16.5. The van der Waals surface area contributed by atoms with Gasteiger partial charge in [0.25, 0.3) is 0 Å². The lowest BCUT2D eigenvalue weighted by Crippen LogP contribution is -2.13. The molecule has 0 saturated heterocycles. The molecule has 0 amide bonds. The molecule has 1 heterocycles. The first-order valence-corrected chi connectivity index (χ1v) is 7.10. The predicted molar refractivity (Wildman–Crippen MR) is 76.4 cm³/mol. The van der Waals surface area contributed by atoms with Crippen LogP contribution in [0.4, 0.5) is 0 Å². The lowest BCUT2D eigenvalue weighted by molar-refractivity contribution is 0.157. The number of fused-ring (bicyclic) bond motifs is 5. The number of methoxy groups -OCH3 is 1. The van der Waals surface area contributed by atoms with E-state index in [4.69, 9.17) is 4.74 Å². The van der Waals surface area contributed by atoms with E-state index in [1.807, 2.05) is 0 Å². The van der Waals surface area contributed by atoms with Gasteiger partial charge in [-0.3, -0.25) is 4.57 Å². The average Bonchev–Trinajstić information content (AvgIpc) is 3.11. The number of aliphatic hydroxyl groups is 1. The molecule has 3 unspecified atom stereocenters. The number of aromatic hydroxyl groups is 2. The molecule has 2 aliphatic carbocycles. The molecule has 110 valence electrons. The Bertz CT molecular complexity index is 704. The minimum atomic E-state index is -0.417. The van der Waals surface area contributed by atoms with E-state index >= 15 is 0 Å². The second-order valence-corrected chi connectivity index (χ2v) is 5.85. The minimum Gasteiger partial charge on any atom is -0.497 e.